The fourth-order valence-electron chi connectivity index (χ4n) is 6.11. The number of methoxy groups -OCH3 is 2. The van der Waals surface area contributed by atoms with Gasteiger partial charge in [-0.3, -0.25) is 0 Å². The summed E-state index contributed by atoms with van der Waals surface area (Å²) < 4.78 is 35.6. The Morgan fingerprint density at radius 3 is 2.49 bits per heavy atom. The first-order valence-corrected chi connectivity index (χ1v) is 13.8. The van der Waals surface area contributed by atoms with E-state index in [0.29, 0.717) is 28.6 Å². The Morgan fingerprint density at radius 1 is 1.05 bits per heavy atom. The van der Waals surface area contributed by atoms with Crippen LogP contribution in [0.25, 0.3) is 11.1 Å². The number of fused-ring (bicyclic) bond motifs is 5. The number of hydrogen-bond donors (Lipinski definition) is 5. The lowest BCUT2D eigenvalue weighted by Gasteiger charge is -2.45. The van der Waals surface area contributed by atoms with Gasteiger partial charge in [-0.15, -0.1) is 0 Å². The second kappa shape index (κ2) is 11.2. The molecule has 0 unspecified atom stereocenters. The molecule has 0 bridgehead atoms. The zero-order valence-electron chi connectivity index (χ0n) is 23.7. The number of aliphatic carboxylic acids is 1. The maximum absolute atomic E-state index is 12.2. The lowest BCUT2D eigenvalue weighted by atomic mass is 9.85. The number of aliphatic hydroxyl groups is 3. The molecule has 43 heavy (non-hydrogen) atoms. The van der Waals surface area contributed by atoms with Crippen molar-refractivity contribution in [3.05, 3.63) is 65.7 Å². The minimum absolute atomic E-state index is 0.144. The first kappa shape index (κ1) is 29.0. The quantitative estimate of drug-likeness (QED) is 0.257. The molecule has 228 valence electrons. The lowest BCUT2D eigenvalue weighted by molar-refractivity contribution is -0.305. The number of likely N-dealkylation sites (N-methyl/N-ethyl adjacent to an activating group) is 1. The van der Waals surface area contributed by atoms with Crippen molar-refractivity contribution in [3.8, 4) is 39.9 Å². The smallest absolute Gasteiger partial charge is 0.340 e. The molecule has 1 fully saturated rings. The highest BCUT2D eigenvalue weighted by molar-refractivity contribution is 5.79. The molecule has 0 spiro atoms. The number of aliphatic hydroxyl groups excluding tert-OH is 3. The maximum atomic E-state index is 12.2. The van der Waals surface area contributed by atoms with Crippen LogP contribution in [0.4, 0.5) is 0 Å². The van der Waals surface area contributed by atoms with Crippen molar-refractivity contribution in [1.29, 1.82) is 0 Å². The zero-order chi connectivity index (χ0) is 30.5. The van der Waals surface area contributed by atoms with Crippen molar-refractivity contribution < 1.29 is 53.6 Å². The molecule has 5 N–H and O–H groups in total. The summed E-state index contributed by atoms with van der Waals surface area (Å²) in [5.41, 5.74) is 0.957. The topological polar surface area (TPSA) is 165 Å². The zero-order valence-corrected chi connectivity index (χ0v) is 23.7. The van der Waals surface area contributed by atoms with Crippen LogP contribution >= 0.6 is 0 Å². The van der Waals surface area contributed by atoms with Crippen molar-refractivity contribution in [2.75, 3.05) is 34.4 Å². The third-order valence-corrected chi connectivity index (χ3v) is 8.25. The third-order valence-electron chi connectivity index (χ3n) is 8.25. The Labute approximate surface area is 247 Å². The van der Waals surface area contributed by atoms with E-state index in [0.717, 1.165) is 16.7 Å². The summed E-state index contributed by atoms with van der Waals surface area (Å²) in [6, 6.07) is 16.6. The van der Waals surface area contributed by atoms with Gasteiger partial charge in [0.2, 0.25) is 17.6 Å². The van der Waals surface area contributed by atoms with E-state index in [-0.39, 0.29) is 24.8 Å². The molecule has 6 rings (SSSR count). The van der Waals surface area contributed by atoms with Crippen molar-refractivity contribution in [3.63, 3.8) is 0 Å². The van der Waals surface area contributed by atoms with Gasteiger partial charge in [-0.05, 0) is 30.3 Å². The van der Waals surface area contributed by atoms with Crippen molar-refractivity contribution in [2.24, 2.45) is 0 Å². The highest BCUT2D eigenvalue weighted by atomic mass is 16.7. The van der Waals surface area contributed by atoms with Crippen LogP contribution < -0.4 is 29.0 Å². The van der Waals surface area contributed by atoms with Crippen LogP contribution in [0.1, 0.15) is 23.1 Å². The van der Waals surface area contributed by atoms with Crippen molar-refractivity contribution in [1.82, 2.24) is 5.32 Å². The van der Waals surface area contributed by atoms with Crippen LogP contribution in [0.15, 0.2) is 54.6 Å². The van der Waals surface area contributed by atoms with Crippen LogP contribution in [0.2, 0.25) is 0 Å². The van der Waals surface area contributed by atoms with Crippen LogP contribution in [0.5, 0.6) is 28.7 Å². The Morgan fingerprint density at radius 2 is 1.81 bits per heavy atom. The molecule has 3 aliphatic heterocycles. The van der Waals surface area contributed by atoms with E-state index < -0.39 is 42.3 Å². The van der Waals surface area contributed by atoms with Gasteiger partial charge in [0.15, 0.2) is 11.5 Å². The number of carboxylic acid groups (broad SMARTS) is 1. The average molecular weight is 596 g/mol. The molecule has 0 aromatic heterocycles. The van der Waals surface area contributed by atoms with E-state index in [1.165, 1.54) is 7.05 Å². The maximum Gasteiger partial charge on any atom is 0.340 e. The fourth-order valence-corrected chi connectivity index (χ4v) is 6.11. The van der Waals surface area contributed by atoms with Crippen molar-refractivity contribution in [2.45, 2.75) is 42.2 Å². The molecule has 1 saturated heterocycles. The normalized spacial score (nSPS) is 28.9. The SMILES string of the molecule is CNC[C@@]1(C(=O)O)O[C@@H](Oc2cc3c(c(-c4ccccc4)c2)[C@@H]2Oc4c(ccc(OC)c4OC)[C@H]2CO3)[C@H](O)[C@@H](O)[C@@H]1O. The molecule has 12 nitrogen and oxygen atoms in total. The number of benzene rings is 3. The van der Waals surface area contributed by atoms with E-state index in [9.17, 15) is 25.2 Å². The first-order valence-electron chi connectivity index (χ1n) is 13.8. The fraction of sp³-hybridized carbons (Fsp3) is 0.387. The molecule has 3 aliphatic rings. The second-order valence-corrected chi connectivity index (χ2v) is 10.7. The van der Waals surface area contributed by atoms with Crippen LogP contribution in [0.3, 0.4) is 0 Å². The summed E-state index contributed by atoms with van der Waals surface area (Å²) in [6.45, 7) is -0.0689. The number of rotatable bonds is 8. The van der Waals surface area contributed by atoms with E-state index in [4.69, 9.17) is 28.4 Å². The summed E-state index contributed by atoms with van der Waals surface area (Å²) in [5.74, 6) is 0.586. The van der Waals surface area contributed by atoms with Gasteiger partial charge in [0.05, 0.1) is 26.7 Å². The van der Waals surface area contributed by atoms with Crippen LogP contribution in [-0.4, -0.2) is 91.0 Å². The third kappa shape index (κ3) is 4.62. The molecule has 0 amide bonds. The Balaban J connectivity index is 1.41. The molecule has 12 heteroatoms. The summed E-state index contributed by atoms with van der Waals surface area (Å²) >= 11 is 0. The Kier molecular flexibility index (Phi) is 7.57. The number of ether oxygens (including phenoxy) is 6. The van der Waals surface area contributed by atoms with Gasteiger partial charge >= 0.3 is 5.97 Å². The summed E-state index contributed by atoms with van der Waals surface area (Å²) in [4.78, 5) is 12.2. The molecular weight excluding hydrogens is 562 g/mol. The highest BCUT2D eigenvalue weighted by Crippen LogP contribution is 2.58. The van der Waals surface area contributed by atoms with E-state index in [1.54, 1.807) is 26.4 Å². The number of hydrogen-bond acceptors (Lipinski definition) is 11. The monoisotopic (exact) mass is 595 g/mol. The minimum atomic E-state index is -2.28. The minimum Gasteiger partial charge on any atom is -0.493 e. The largest absolute Gasteiger partial charge is 0.493 e. The van der Waals surface area contributed by atoms with Crippen molar-refractivity contribution >= 4 is 5.97 Å². The van der Waals surface area contributed by atoms with Gasteiger partial charge in [-0.2, -0.15) is 0 Å². The molecule has 3 aromatic rings. The summed E-state index contributed by atoms with van der Waals surface area (Å²) in [5, 5.41) is 44.5. The highest BCUT2D eigenvalue weighted by Gasteiger charge is 2.59. The standard InChI is InChI=1S/C31H33NO11/c1-32-14-31(30(36)37)28(35)23(33)24(34)29(43-31)41-16-11-18(15-7-5-4-6-8-15)22-21(12-16)40-13-19-17-9-10-20(38-2)27(39-3)26(17)42-25(19)22/h4-12,19,23-25,28-29,32-35H,13-14H2,1-3H3,(H,36,37)/t19-,23-,24-,25-,28+,29-,31-/m1/s1. The van der Waals surface area contributed by atoms with Gasteiger partial charge in [0.25, 0.3) is 0 Å². The predicted molar refractivity (Wildman–Crippen MR) is 151 cm³/mol. The predicted octanol–water partition coefficient (Wildman–Crippen LogP) is 1.84. The molecule has 0 saturated carbocycles. The molecular formula is C31H33NO11. The van der Waals surface area contributed by atoms with Crippen LogP contribution in [-0.2, 0) is 9.53 Å². The van der Waals surface area contributed by atoms with E-state index in [2.05, 4.69) is 5.32 Å². The van der Waals surface area contributed by atoms with E-state index in [1.807, 2.05) is 42.5 Å². The molecule has 7 atom stereocenters. The number of carbonyl (C=O) groups is 1. The number of carboxylic acids is 1. The van der Waals surface area contributed by atoms with Gasteiger partial charge in [0, 0.05) is 23.7 Å². The average Bonchev–Trinajstić information content (AvgIpc) is 3.40. The van der Waals surface area contributed by atoms with E-state index >= 15 is 0 Å². The molecule has 0 aliphatic carbocycles. The summed E-state index contributed by atoms with van der Waals surface area (Å²) in [7, 11) is 4.59. The van der Waals surface area contributed by atoms with Gasteiger partial charge < -0.3 is 54.2 Å². The van der Waals surface area contributed by atoms with Gasteiger partial charge in [-0.1, -0.05) is 36.4 Å². The van der Waals surface area contributed by atoms with Crippen LogP contribution in [0, 0.1) is 0 Å². The molecule has 3 heterocycles. The Hall–Kier alpha value is -4.07. The number of nitrogens with one attached hydrogen (secondary N) is 1. The Bertz CT molecular complexity index is 1520. The lowest BCUT2D eigenvalue weighted by Crippen LogP contribution is -2.71. The van der Waals surface area contributed by atoms with Gasteiger partial charge in [-0.25, -0.2) is 4.79 Å². The van der Waals surface area contributed by atoms with Gasteiger partial charge in [0.1, 0.15) is 35.9 Å². The summed E-state index contributed by atoms with van der Waals surface area (Å²) in [6.07, 6.45) is -7.61. The first-order chi connectivity index (χ1) is 20.7. The second-order valence-electron chi connectivity index (χ2n) is 10.7. The molecule has 0 radical (unpaired) electrons. The molecule has 3 aromatic carbocycles.